The van der Waals surface area contributed by atoms with Gasteiger partial charge in [-0.3, -0.25) is 9.59 Å². The molecule has 1 aliphatic rings. The molecule has 0 unspecified atom stereocenters. The number of benzene rings is 2. The molecule has 26 heavy (non-hydrogen) atoms. The summed E-state index contributed by atoms with van der Waals surface area (Å²) in [6.45, 7) is 1.75. The number of amides is 2. The predicted octanol–water partition coefficient (Wildman–Crippen LogP) is 2.76. The summed E-state index contributed by atoms with van der Waals surface area (Å²) < 4.78 is 0. The first-order chi connectivity index (χ1) is 12.0. The Bertz CT molecular complexity index is 763. The van der Waals surface area contributed by atoms with E-state index in [-0.39, 0.29) is 37.2 Å². The molecule has 1 heterocycles. The van der Waals surface area contributed by atoms with E-state index in [1.165, 1.54) is 0 Å². The Balaban J connectivity index is 0.00000243. The number of hydrogen-bond acceptors (Lipinski definition) is 3. The van der Waals surface area contributed by atoms with E-state index in [9.17, 15) is 9.59 Å². The summed E-state index contributed by atoms with van der Waals surface area (Å²) in [7, 11) is 0. The lowest BCUT2D eigenvalue weighted by atomic mass is 10.1. The van der Waals surface area contributed by atoms with Crippen LogP contribution in [0.25, 0.3) is 0 Å². The van der Waals surface area contributed by atoms with Gasteiger partial charge in [-0.1, -0.05) is 35.9 Å². The number of hydrogen-bond donors (Lipinski definition) is 1. The van der Waals surface area contributed by atoms with Crippen LogP contribution in [0.2, 0.25) is 5.02 Å². The minimum absolute atomic E-state index is 0. The Kier molecular flexibility index (Phi) is 6.89. The number of carbonyl (C=O) groups excluding carboxylic acids is 2. The summed E-state index contributed by atoms with van der Waals surface area (Å²) in [6, 6.07) is 14.7. The number of halogens is 2. The highest BCUT2D eigenvalue weighted by atomic mass is 35.5. The molecule has 7 heteroatoms. The third-order valence-electron chi connectivity index (χ3n) is 4.29. The standard InChI is InChI=1S/C19H20ClN3O2.ClH/c20-16-5-1-15(2-6-16)12-22-9-10-23(13-19(22)25)18(24)11-14-3-7-17(21)8-4-14;/h1-8H,9-13,21H2;1H. The van der Waals surface area contributed by atoms with Crippen molar-refractivity contribution in [3.05, 3.63) is 64.7 Å². The molecule has 0 spiro atoms. The monoisotopic (exact) mass is 393 g/mol. The molecule has 0 atom stereocenters. The fraction of sp³-hybridized carbons (Fsp3) is 0.263. The minimum atomic E-state index is -0.0377. The molecule has 2 aromatic carbocycles. The molecule has 1 fully saturated rings. The fourth-order valence-corrected chi connectivity index (χ4v) is 2.95. The van der Waals surface area contributed by atoms with E-state index in [2.05, 4.69) is 0 Å². The van der Waals surface area contributed by atoms with E-state index in [1.54, 1.807) is 21.9 Å². The summed E-state index contributed by atoms with van der Waals surface area (Å²) in [5.74, 6) is -0.0730. The van der Waals surface area contributed by atoms with E-state index in [1.807, 2.05) is 36.4 Å². The summed E-state index contributed by atoms with van der Waals surface area (Å²) in [5.41, 5.74) is 8.25. The molecule has 2 aromatic rings. The Labute approximate surface area is 164 Å². The minimum Gasteiger partial charge on any atom is -0.399 e. The zero-order valence-corrected chi connectivity index (χ0v) is 15.8. The average Bonchev–Trinajstić information content (AvgIpc) is 2.60. The van der Waals surface area contributed by atoms with Gasteiger partial charge in [0.15, 0.2) is 0 Å². The topological polar surface area (TPSA) is 66.6 Å². The Morgan fingerprint density at radius 3 is 2.23 bits per heavy atom. The van der Waals surface area contributed by atoms with Crippen molar-refractivity contribution >= 4 is 41.5 Å². The number of piperazine rings is 1. The highest BCUT2D eigenvalue weighted by Gasteiger charge is 2.27. The van der Waals surface area contributed by atoms with Crippen molar-refractivity contribution in [2.75, 3.05) is 25.4 Å². The summed E-state index contributed by atoms with van der Waals surface area (Å²) >= 11 is 5.88. The van der Waals surface area contributed by atoms with Crippen molar-refractivity contribution in [3.8, 4) is 0 Å². The van der Waals surface area contributed by atoms with Gasteiger partial charge in [-0.15, -0.1) is 12.4 Å². The van der Waals surface area contributed by atoms with Gasteiger partial charge in [-0.25, -0.2) is 0 Å². The van der Waals surface area contributed by atoms with Gasteiger partial charge in [0.2, 0.25) is 11.8 Å². The van der Waals surface area contributed by atoms with Gasteiger partial charge in [0.05, 0.1) is 13.0 Å². The van der Waals surface area contributed by atoms with E-state index >= 15 is 0 Å². The Morgan fingerprint density at radius 2 is 1.62 bits per heavy atom. The first-order valence-electron chi connectivity index (χ1n) is 8.15. The summed E-state index contributed by atoms with van der Waals surface area (Å²) in [6.07, 6.45) is 0.282. The lowest BCUT2D eigenvalue weighted by Crippen LogP contribution is -2.52. The van der Waals surface area contributed by atoms with Crippen LogP contribution in [0.5, 0.6) is 0 Å². The highest BCUT2D eigenvalue weighted by Crippen LogP contribution is 2.14. The molecule has 0 radical (unpaired) electrons. The second-order valence-corrected chi connectivity index (χ2v) is 6.61. The van der Waals surface area contributed by atoms with E-state index in [0.29, 0.717) is 30.3 Å². The van der Waals surface area contributed by atoms with Crippen molar-refractivity contribution in [1.29, 1.82) is 0 Å². The van der Waals surface area contributed by atoms with Crippen molar-refractivity contribution in [2.45, 2.75) is 13.0 Å². The largest absolute Gasteiger partial charge is 0.399 e. The SMILES string of the molecule is Cl.Nc1ccc(CC(=O)N2CCN(Cc3ccc(Cl)cc3)C(=O)C2)cc1. The molecule has 0 aromatic heterocycles. The normalized spacial score (nSPS) is 14.1. The van der Waals surface area contributed by atoms with Crippen LogP contribution in [0.15, 0.2) is 48.5 Å². The van der Waals surface area contributed by atoms with Crippen molar-refractivity contribution in [2.24, 2.45) is 0 Å². The van der Waals surface area contributed by atoms with Crippen molar-refractivity contribution in [3.63, 3.8) is 0 Å². The van der Waals surface area contributed by atoms with Gasteiger partial charge in [0, 0.05) is 30.3 Å². The summed E-state index contributed by atoms with van der Waals surface area (Å²) in [4.78, 5) is 28.2. The van der Waals surface area contributed by atoms with Crippen LogP contribution in [0.1, 0.15) is 11.1 Å². The van der Waals surface area contributed by atoms with Crippen LogP contribution >= 0.6 is 24.0 Å². The molecular weight excluding hydrogens is 373 g/mol. The number of rotatable bonds is 4. The highest BCUT2D eigenvalue weighted by molar-refractivity contribution is 6.30. The molecule has 1 aliphatic heterocycles. The maximum atomic E-state index is 12.4. The average molecular weight is 394 g/mol. The third kappa shape index (κ3) is 5.13. The molecule has 138 valence electrons. The smallest absolute Gasteiger partial charge is 0.242 e. The maximum absolute atomic E-state index is 12.4. The van der Waals surface area contributed by atoms with Gasteiger partial charge < -0.3 is 15.5 Å². The second kappa shape index (κ2) is 8.92. The molecule has 0 bridgehead atoms. The molecule has 1 saturated heterocycles. The van der Waals surface area contributed by atoms with Crippen LogP contribution in [-0.4, -0.2) is 41.2 Å². The lowest BCUT2D eigenvalue weighted by molar-refractivity contribution is -0.145. The van der Waals surface area contributed by atoms with Crippen LogP contribution < -0.4 is 5.73 Å². The van der Waals surface area contributed by atoms with E-state index < -0.39 is 0 Å². The van der Waals surface area contributed by atoms with Crippen molar-refractivity contribution < 1.29 is 9.59 Å². The molecular formula is C19H21Cl2N3O2. The number of anilines is 1. The van der Waals surface area contributed by atoms with Gasteiger partial charge in [-0.05, 0) is 35.4 Å². The molecule has 2 N–H and O–H groups in total. The first-order valence-corrected chi connectivity index (χ1v) is 8.53. The van der Waals surface area contributed by atoms with E-state index in [4.69, 9.17) is 17.3 Å². The molecule has 5 nitrogen and oxygen atoms in total. The predicted molar refractivity (Wildman–Crippen MR) is 105 cm³/mol. The molecule has 0 saturated carbocycles. The zero-order chi connectivity index (χ0) is 17.8. The number of nitrogens with two attached hydrogens (primary N) is 1. The Morgan fingerprint density at radius 1 is 1.00 bits per heavy atom. The third-order valence-corrected chi connectivity index (χ3v) is 4.55. The quantitative estimate of drug-likeness (QED) is 0.811. The van der Waals surface area contributed by atoms with Crippen LogP contribution in [0.3, 0.4) is 0 Å². The van der Waals surface area contributed by atoms with Crippen molar-refractivity contribution in [1.82, 2.24) is 9.80 Å². The van der Waals surface area contributed by atoms with E-state index in [0.717, 1.165) is 11.1 Å². The van der Waals surface area contributed by atoms with Gasteiger partial charge in [0.1, 0.15) is 0 Å². The maximum Gasteiger partial charge on any atom is 0.242 e. The van der Waals surface area contributed by atoms with Gasteiger partial charge in [0.25, 0.3) is 0 Å². The van der Waals surface area contributed by atoms with Crippen LogP contribution in [0, 0.1) is 0 Å². The second-order valence-electron chi connectivity index (χ2n) is 6.18. The zero-order valence-electron chi connectivity index (χ0n) is 14.2. The Hall–Kier alpha value is -2.24. The lowest BCUT2D eigenvalue weighted by Gasteiger charge is -2.34. The number of carbonyl (C=O) groups is 2. The molecule has 2 amide bonds. The first kappa shape index (κ1) is 20.1. The van der Waals surface area contributed by atoms with Gasteiger partial charge in [-0.2, -0.15) is 0 Å². The summed E-state index contributed by atoms with van der Waals surface area (Å²) in [5, 5.41) is 0.674. The molecule has 3 rings (SSSR count). The molecule has 0 aliphatic carbocycles. The van der Waals surface area contributed by atoms with Crippen LogP contribution in [0.4, 0.5) is 5.69 Å². The van der Waals surface area contributed by atoms with Gasteiger partial charge >= 0.3 is 0 Å². The van der Waals surface area contributed by atoms with Crippen LogP contribution in [-0.2, 0) is 22.6 Å². The number of nitrogens with zero attached hydrogens (tertiary/aromatic N) is 2. The number of nitrogen functional groups attached to an aromatic ring is 1. The fourth-order valence-electron chi connectivity index (χ4n) is 2.82.